The standard InChI is InChI=1S/C9H15N3O2/c10-7-5-11(6-7)3-4-12-8(13)1-2-9(12)14/h7H,1-6,10H2. The second kappa shape index (κ2) is 3.67. The Morgan fingerprint density at radius 3 is 2.21 bits per heavy atom. The van der Waals surface area contributed by atoms with Crippen molar-refractivity contribution in [1.29, 1.82) is 0 Å². The molecule has 0 aromatic heterocycles. The molecule has 0 bridgehead atoms. The van der Waals surface area contributed by atoms with Gasteiger partial charge >= 0.3 is 0 Å². The minimum Gasteiger partial charge on any atom is -0.325 e. The van der Waals surface area contributed by atoms with Gasteiger partial charge in [0.05, 0.1) is 0 Å². The van der Waals surface area contributed by atoms with Crippen LogP contribution < -0.4 is 5.73 Å². The van der Waals surface area contributed by atoms with E-state index in [1.165, 1.54) is 4.90 Å². The predicted octanol–water partition coefficient (Wildman–Crippen LogP) is -1.22. The number of amides is 2. The third kappa shape index (κ3) is 1.78. The fourth-order valence-corrected chi connectivity index (χ4v) is 1.91. The Bertz CT molecular complexity index is 245. The Morgan fingerprint density at radius 2 is 1.71 bits per heavy atom. The summed E-state index contributed by atoms with van der Waals surface area (Å²) in [5, 5.41) is 0. The maximum absolute atomic E-state index is 11.2. The highest BCUT2D eigenvalue weighted by molar-refractivity contribution is 6.01. The van der Waals surface area contributed by atoms with Crippen molar-refractivity contribution in [3.63, 3.8) is 0 Å². The molecule has 14 heavy (non-hydrogen) atoms. The summed E-state index contributed by atoms with van der Waals surface area (Å²) in [5.74, 6) is -0.0559. The van der Waals surface area contributed by atoms with Crippen LogP contribution in [0, 0.1) is 0 Å². The summed E-state index contributed by atoms with van der Waals surface area (Å²) in [7, 11) is 0. The molecule has 2 aliphatic rings. The molecular weight excluding hydrogens is 182 g/mol. The molecule has 0 aliphatic carbocycles. The fraction of sp³-hybridized carbons (Fsp3) is 0.778. The Hall–Kier alpha value is -0.940. The van der Waals surface area contributed by atoms with Crippen LogP contribution in [0.15, 0.2) is 0 Å². The van der Waals surface area contributed by atoms with Crippen LogP contribution in [-0.2, 0) is 9.59 Å². The summed E-state index contributed by atoms with van der Waals surface area (Å²) in [6.45, 7) is 3.07. The van der Waals surface area contributed by atoms with Gasteiger partial charge in [-0.1, -0.05) is 0 Å². The van der Waals surface area contributed by atoms with Crippen LogP contribution in [0.5, 0.6) is 0 Å². The zero-order chi connectivity index (χ0) is 10.1. The van der Waals surface area contributed by atoms with E-state index in [-0.39, 0.29) is 17.9 Å². The van der Waals surface area contributed by atoms with E-state index in [2.05, 4.69) is 4.90 Å². The zero-order valence-electron chi connectivity index (χ0n) is 8.11. The van der Waals surface area contributed by atoms with Gasteiger partial charge in [0.25, 0.3) is 0 Å². The van der Waals surface area contributed by atoms with Gasteiger partial charge in [0.15, 0.2) is 0 Å². The number of rotatable bonds is 3. The van der Waals surface area contributed by atoms with E-state index in [0.29, 0.717) is 19.4 Å². The quantitative estimate of drug-likeness (QED) is 0.576. The van der Waals surface area contributed by atoms with Crippen molar-refractivity contribution in [2.24, 2.45) is 5.73 Å². The van der Waals surface area contributed by atoms with E-state index in [0.717, 1.165) is 19.6 Å². The van der Waals surface area contributed by atoms with E-state index in [9.17, 15) is 9.59 Å². The second-order valence-corrected chi connectivity index (χ2v) is 3.96. The van der Waals surface area contributed by atoms with Gasteiger partial charge < -0.3 is 5.73 Å². The van der Waals surface area contributed by atoms with E-state index >= 15 is 0 Å². The van der Waals surface area contributed by atoms with Gasteiger partial charge in [-0.05, 0) is 0 Å². The first-order valence-electron chi connectivity index (χ1n) is 4.98. The molecule has 0 aromatic carbocycles. The van der Waals surface area contributed by atoms with Crippen LogP contribution in [0.2, 0.25) is 0 Å². The first kappa shape index (κ1) is 9.61. The van der Waals surface area contributed by atoms with Gasteiger partial charge in [0, 0.05) is 45.1 Å². The molecule has 0 spiro atoms. The lowest BCUT2D eigenvalue weighted by Gasteiger charge is -2.37. The Kier molecular flexibility index (Phi) is 2.52. The minimum atomic E-state index is -0.0279. The van der Waals surface area contributed by atoms with Crippen molar-refractivity contribution >= 4 is 11.8 Å². The number of nitrogens with zero attached hydrogens (tertiary/aromatic N) is 2. The average Bonchev–Trinajstić information content (AvgIpc) is 2.40. The Labute approximate surface area is 82.8 Å². The first-order chi connectivity index (χ1) is 6.66. The van der Waals surface area contributed by atoms with Crippen LogP contribution in [0.1, 0.15) is 12.8 Å². The third-order valence-electron chi connectivity index (χ3n) is 2.78. The fourth-order valence-electron chi connectivity index (χ4n) is 1.91. The van der Waals surface area contributed by atoms with Crippen LogP contribution in [-0.4, -0.2) is 53.8 Å². The summed E-state index contributed by atoms with van der Waals surface area (Å²) in [6, 6.07) is 0.278. The van der Waals surface area contributed by atoms with Crippen LogP contribution in [0.25, 0.3) is 0 Å². The number of hydrogen-bond acceptors (Lipinski definition) is 4. The maximum atomic E-state index is 11.2. The molecule has 2 amide bonds. The van der Waals surface area contributed by atoms with Crippen molar-refractivity contribution in [3.8, 4) is 0 Å². The molecule has 0 saturated carbocycles. The lowest BCUT2D eigenvalue weighted by atomic mass is 10.1. The number of carbonyl (C=O) groups excluding carboxylic acids is 2. The monoisotopic (exact) mass is 197 g/mol. The molecule has 2 N–H and O–H groups in total. The average molecular weight is 197 g/mol. The number of nitrogens with two attached hydrogens (primary N) is 1. The van der Waals surface area contributed by atoms with Crippen molar-refractivity contribution in [1.82, 2.24) is 9.80 Å². The molecule has 2 rings (SSSR count). The lowest BCUT2D eigenvalue weighted by Crippen LogP contribution is -2.57. The van der Waals surface area contributed by atoms with Crippen LogP contribution in [0.3, 0.4) is 0 Å². The molecule has 0 aromatic rings. The molecule has 0 atom stereocenters. The van der Waals surface area contributed by atoms with Crippen LogP contribution >= 0.6 is 0 Å². The van der Waals surface area contributed by atoms with Gasteiger partial charge in [0.2, 0.25) is 11.8 Å². The number of carbonyl (C=O) groups is 2. The summed E-state index contributed by atoms with van der Waals surface area (Å²) >= 11 is 0. The molecule has 2 fully saturated rings. The Balaban J connectivity index is 1.74. The molecule has 2 heterocycles. The van der Waals surface area contributed by atoms with E-state index in [1.807, 2.05) is 0 Å². The van der Waals surface area contributed by atoms with Gasteiger partial charge in [-0.2, -0.15) is 0 Å². The summed E-state index contributed by atoms with van der Waals surface area (Å²) in [6.07, 6.45) is 0.774. The van der Waals surface area contributed by atoms with Crippen molar-refractivity contribution < 1.29 is 9.59 Å². The molecule has 2 saturated heterocycles. The first-order valence-corrected chi connectivity index (χ1v) is 4.98. The molecular formula is C9H15N3O2. The van der Waals surface area contributed by atoms with Gasteiger partial charge in [-0.25, -0.2) is 0 Å². The maximum Gasteiger partial charge on any atom is 0.229 e. The van der Waals surface area contributed by atoms with Gasteiger partial charge in [-0.3, -0.25) is 19.4 Å². The molecule has 78 valence electrons. The van der Waals surface area contributed by atoms with Crippen molar-refractivity contribution in [2.45, 2.75) is 18.9 Å². The molecule has 5 nitrogen and oxygen atoms in total. The van der Waals surface area contributed by atoms with Gasteiger partial charge in [0.1, 0.15) is 0 Å². The summed E-state index contributed by atoms with van der Waals surface area (Å²) < 4.78 is 0. The van der Waals surface area contributed by atoms with Crippen molar-refractivity contribution in [3.05, 3.63) is 0 Å². The van der Waals surface area contributed by atoms with Crippen LogP contribution in [0.4, 0.5) is 0 Å². The zero-order valence-corrected chi connectivity index (χ0v) is 8.11. The largest absolute Gasteiger partial charge is 0.325 e. The smallest absolute Gasteiger partial charge is 0.229 e. The molecule has 2 aliphatic heterocycles. The summed E-state index contributed by atoms with van der Waals surface area (Å²) in [4.78, 5) is 26.0. The highest BCUT2D eigenvalue weighted by atomic mass is 16.2. The highest BCUT2D eigenvalue weighted by Gasteiger charge is 2.30. The SMILES string of the molecule is NC1CN(CCN2C(=O)CCC2=O)C1. The summed E-state index contributed by atoms with van der Waals surface area (Å²) in [5.41, 5.74) is 5.62. The normalized spacial score (nSPS) is 24.5. The van der Waals surface area contributed by atoms with Crippen molar-refractivity contribution in [2.75, 3.05) is 26.2 Å². The lowest BCUT2D eigenvalue weighted by molar-refractivity contribution is -0.138. The van der Waals surface area contributed by atoms with E-state index in [1.54, 1.807) is 0 Å². The van der Waals surface area contributed by atoms with E-state index in [4.69, 9.17) is 5.73 Å². The number of imide groups is 1. The van der Waals surface area contributed by atoms with Gasteiger partial charge in [-0.15, -0.1) is 0 Å². The Morgan fingerprint density at radius 1 is 1.14 bits per heavy atom. The molecule has 0 radical (unpaired) electrons. The molecule has 5 heteroatoms. The third-order valence-corrected chi connectivity index (χ3v) is 2.78. The van der Waals surface area contributed by atoms with E-state index < -0.39 is 0 Å². The second-order valence-electron chi connectivity index (χ2n) is 3.96. The predicted molar refractivity (Wildman–Crippen MR) is 50.4 cm³/mol. The number of hydrogen-bond donors (Lipinski definition) is 1. The molecule has 0 unspecified atom stereocenters. The topological polar surface area (TPSA) is 66.6 Å². The highest BCUT2D eigenvalue weighted by Crippen LogP contribution is 2.12. The minimum absolute atomic E-state index is 0.0279. The number of likely N-dealkylation sites (tertiary alicyclic amines) is 2.